The number of nitrogens with zero attached hydrogens (tertiary/aromatic N) is 2. The topological polar surface area (TPSA) is 35.6 Å². The van der Waals surface area contributed by atoms with E-state index in [0.717, 1.165) is 24.3 Å². The minimum Gasteiger partial charge on any atom is -0.369 e. The first-order valence-electron chi connectivity index (χ1n) is 9.59. The predicted molar refractivity (Wildman–Crippen MR) is 105 cm³/mol. The first-order valence-corrected chi connectivity index (χ1v) is 9.59. The van der Waals surface area contributed by atoms with Crippen molar-refractivity contribution in [1.82, 2.24) is 4.90 Å². The molecule has 31 heavy (non-hydrogen) atoms. The van der Waals surface area contributed by atoms with Crippen molar-refractivity contribution in [3.05, 3.63) is 59.7 Å². The monoisotopic (exact) mass is 445 g/mol. The van der Waals surface area contributed by atoms with Crippen LogP contribution < -0.4 is 10.2 Å². The van der Waals surface area contributed by atoms with Crippen molar-refractivity contribution in [1.29, 1.82) is 0 Å². The van der Waals surface area contributed by atoms with Gasteiger partial charge in [-0.1, -0.05) is 6.07 Å². The van der Waals surface area contributed by atoms with E-state index in [1.165, 1.54) is 18.2 Å². The molecular formula is C21H21F6N3O. The summed E-state index contributed by atoms with van der Waals surface area (Å²) in [6.45, 7) is 3.48. The van der Waals surface area contributed by atoms with Gasteiger partial charge in [-0.2, -0.15) is 26.3 Å². The maximum Gasteiger partial charge on any atom is 0.416 e. The second kappa shape index (κ2) is 8.78. The molecule has 2 aromatic rings. The van der Waals surface area contributed by atoms with Crippen molar-refractivity contribution < 1.29 is 31.1 Å². The van der Waals surface area contributed by atoms with Gasteiger partial charge in [-0.3, -0.25) is 9.69 Å². The first-order chi connectivity index (χ1) is 14.4. The lowest BCUT2D eigenvalue weighted by molar-refractivity contribution is -0.138. The molecule has 3 rings (SSSR count). The van der Waals surface area contributed by atoms with Crippen LogP contribution in [-0.2, 0) is 17.1 Å². The van der Waals surface area contributed by atoms with Crippen LogP contribution >= 0.6 is 0 Å². The molecule has 0 aromatic heterocycles. The van der Waals surface area contributed by atoms with Gasteiger partial charge in [0.15, 0.2) is 0 Å². The third-order valence-corrected chi connectivity index (χ3v) is 5.26. The van der Waals surface area contributed by atoms with E-state index in [0.29, 0.717) is 31.9 Å². The van der Waals surface area contributed by atoms with E-state index in [1.807, 2.05) is 9.80 Å². The molecule has 10 heteroatoms. The maximum atomic E-state index is 12.9. The Morgan fingerprint density at radius 2 is 1.45 bits per heavy atom. The molecule has 1 aliphatic rings. The third-order valence-electron chi connectivity index (χ3n) is 5.26. The molecule has 168 valence electrons. The SMILES string of the molecule is C[C@@H](C(=O)Nc1ccc(C(F)(F)F)cc1)N1CCN(c2cccc(C(F)(F)F)c2)CC1. The van der Waals surface area contributed by atoms with E-state index in [9.17, 15) is 31.1 Å². The van der Waals surface area contributed by atoms with Crippen LogP contribution in [0, 0.1) is 0 Å². The fraction of sp³-hybridized carbons (Fsp3) is 0.381. The number of nitrogens with one attached hydrogen (secondary N) is 1. The molecule has 1 fully saturated rings. The zero-order valence-corrected chi connectivity index (χ0v) is 16.6. The van der Waals surface area contributed by atoms with Gasteiger partial charge in [0.2, 0.25) is 5.91 Å². The van der Waals surface area contributed by atoms with E-state index >= 15 is 0 Å². The van der Waals surface area contributed by atoms with Crippen LogP contribution in [0.2, 0.25) is 0 Å². The highest BCUT2D eigenvalue weighted by atomic mass is 19.4. The number of piperazine rings is 1. The average Bonchev–Trinajstić information content (AvgIpc) is 2.72. The zero-order valence-electron chi connectivity index (χ0n) is 16.6. The molecule has 0 spiro atoms. The Bertz CT molecular complexity index is 903. The van der Waals surface area contributed by atoms with Crippen LogP contribution in [-0.4, -0.2) is 43.0 Å². The number of rotatable bonds is 4. The molecular weight excluding hydrogens is 424 g/mol. The van der Waals surface area contributed by atoms with Gasteiger partial charge >= 0.3 is 12.4 Å². The van der Waals surface area contributed by atoms with Crippen LogP contribution in [0.5, 0.6) is 0 Å². The largest absolute Gasteiger partial charge is 0.416 e. The maximum absolute atomic E-state index is 12.9. The van der Waals surface area contributed by atoms with Gasteiger partial charge in [-0.25, -0.2) is 0 Å². The molecule has 0 bridgehead atoms. The van der Waals surface area contributed by atoms with E-state index in [4.69, 9.17) is 0 Å². The lowest BCUT2D eigenvalue weighted by Crippen LogP contribution is -2.52. The van der Waals surface area contributed by atoms with Crippen molar-refractivity contribution >= 4 is 17.3 Å². The summed E-state index contributed by atoms with van der Waals surface area (Å²) in [5.41, 5.74) is -0.787. The van der Waals surface area contributed by atoms with Gasteiger partial charge < -0.3 is 10.2 Å². The molecule has 1 aliphatic heterocycles. The van der Waals surface area contributed by atoms with Gasteiger partial charge in [0.05, 0.1) is 17.2 Å². The van der Waals surface area contributed by atoms with E-state index in [2.05, 4.69) is 5.32 Å². The smallest absolute Gasteiger partial charge is 0.369 e. The predicted octanol–water partition coefficient (Wildman–Crippen LogP) is 4.87. The second-order valence-corrected chi connectivity index (χ2v) is 7.31. The first kappa shape index (κ1) is 22.9. The number of hydrogen-bond donors (Lipinski definition) is 1. The molecule has 4 nitrogen and oxygen atoms in total. The number of anilines is 2. The summed E-state index contributed by atoms with van der Waals surface area (Å²) in [5, 5.41) is 2.60. The highest BCUT2D eigenvalue weighted by Crippen LogP contribution is 2.32. The Hall–Kier alpha value is -2.75. The molecule has 2 aromatic carbocycles. The lowest BCUT2D eigenvalue weighted by atomic mass is 10.1. The quantitative estimate of drug-likeness (QED) is 0.682. The normalized spacial score (nSPS) is 16.8. The van der Waals surface area contributed by atoms with Crippen LogP contribution in [0.3, 0.4) is 0 Å². The van der Waals surface area contributed by atoms with Gasteiger partial charge in [-0.05, 0) is 49.4 Å². The van der Waals surface area contributed by atoms with Crippen molar-refractivity contribution in [2.24, 2.45) is 0 Å². The second-order valence-electron chi connectivity index (χ2n) is 7.31. The minimum atomic E-state index is -4.45. The summed E-state index contributed by atoms with van der Waals surface area (Å²) in [6.07, 6.45) is -8.86. The number of alkyl halides is 6. The van der Waals surface area contributed by atoms with Crippen molar-refractivity contribution in [2.75, 3.05) is 36.4 Å². The summed E-state index contributed by atoms with van der Waals surface area (Å²) in [4.78, 5) is 16.2. The molecule has 0 unspecified atom stereocenters. The van der Waals surface area contributed by atoms with Crippen molar-refractivity contribution in [2.45, 2.75) is 25.3 Å². The summed E-state index contributed by atoms with van der Waals surface area (Å²) >= 11 is 0. The number of halogens is 6. The number of carbonyl (C=O) groups excluding carboxylic acids is 1. The lowest BCUT2D eigenvalue weighted by Gasteiger charge is -2.38. The fourth-order valence-electron chi connectivity index (χ4n) is 3.40. The Morgan fingerprint density at radius 3 is 2.00 bits per heavy atom. The Morgan fingerprint density at radius 1 is 0.871 bits per heavy atom. The Kier molecular flexibility index (Phi) is 6.49. The third kappa shape index (κ3) is 5.69. The van der Waals surface area contributed by atoms with Gasteiger partial charge in [-0.15, -0.1) is 0 Å². The summed E-state index contributed by atoms with van der Waals surface area (Å²) in [5.74, 6) is -0.368. The Balaban J connectivity index is 1.56. The van der Waals surface area contributed by atoms with E-state index in [1.54, 1.807) is 13.0 Å². The van der Waals surface area contributed by atoms with Crippen LogP contribution in [0.4, 0.5) is 37.7 Å². The molecule has 0 saturated carbocycles. The molecule has 1 amide bonds. The van der Waals surface area contributed by atoms with Gasteiger partial charge in [0.1, 0.15) is 0 Å². The molecule has 0 aliphatic carbocycles. The number of amides is 1. The highest BCUT2D eigenvalue weighted by Gasteiger charge is 2.32. The van der Waals surface area contributed by atoms with Crippen molar-refractivity contribution in [3.8, 4) is 0 Å². The standard InChI is InChI=1S/C21H21F6N3O/c1-14(19(31)28-17-7-5-15(6-8-17)20(22,23)24)29-9-11-30(12-10-29)18-4-2-3-16(13-18)21(25,26)27/h2-8,13-14H,9-12H2,1H3,(H,28,31)/t14-/m0/s1. The van der Waals surface area contributed by atoms with E-state index < -0.39 is 29.5 Å². The van der Waals surface area contributed by atoms with Crippen LogP contribution in [0.25, 0.3) is 0 Å². The zero-order chi connectivity index (χ0) is 22.8. The van der Waals surface area contributed by atoms with Crippen molar-refractivity contribution in [3.63, 3.8) is 0 Å². The van der Waals surface area contributed by atoms with Gasteiger partial charge in [0, 0.05) is 37.6 Å². The summed E-state index contributed by atoms with van der Waals surface area (Å²) in [7, 11) is 0. The highest BCUT2D eigenvalue weighted by molar-refractivity contribution is 5.94. The number of carbonyl (C=O) groups is 1. The van der Waals surface area contributed by atoms with Crippen LogP contribution in [0.15, 0.2) is 48.5 Å². The fourth-order valence-corrected chi connectivity index (χ4v) is 3.40. The molecule has 0 radical (unpaired) electrons. The molecule has 1 heterocycles. The van der Waals surface area contributed by atoms with Gasteiger partial charge in [0.25, 0.3) is 0 Å². The number of benzene rings is 2. The molecule has 1 saturated heterocycles. The van der Waals surface area contributed by atoms with E-state index in [-0.39, 0.29) is 11.6 Å². The molecule has 1 atom stereocenters. The Labute approximate surface area is 175 Å². The minimum absolute atomic E-state index is 0.257. The summed E-state index contributed by atoms with van der Waals surface area (Å²) in [6, 6.07) is 8.74. The average molecular weight is 445 g/mol. The summed E-state index contributed by atoms with van der Waals surface area (Å²) < 4.78 is 76.7. The number of hydrogen-bond acceptors (Lipinski definition) is 3. The molecule has 1 N–H and O–H groups in total. The van der Waals surface area contributed by atoms with Crippen LogP contribution in [0.1, 0.15) is 18.1 Å².